The van der Waals surface area contributed by atoms with Crippen molar-refractivity contribution in [1.29, 1.82) is 0 Å². The van der Waals surface area contributed by atoms with E-state index >= 15 is 0 Å². The number of rotatable bonds is 8. The molecule has 0 fully saturated rings. The average molecular weight is 426 g/mol. The first-order valence-electron chi connectivity index (χ1n) is 10.3. The highest BCUT2D eigenvalue weighted by Crippen LogP contribution is 2.25. The van der Waals surface area contributed by atoms with Crippen LogP contribution in [0.3, 0.4) is 0 Å². The van der Waals surface area contributed by atoms with Crippen molar-refractivity contribution in [3.8, 4) is 12.0 Å². The van der Waals surface area contributed by atoms with Crippen LogP contribution >= 0.6 is 0 Å². The predicted molar refractivity (Wildman–Crippen MR) is 121 cm³/mol. The monoisotopic (exact) mass is 426 g/mol. The molecule has 0 spiro atoms. The third-order valence-electron chi connectivity index (χ3n) is 5.05. The Labute approximate surface area is 184 Å². The standard InChI is InChI=1S/C23H22N8O/c1-30-22(27-28-29-30)31-20-12-6-5-11-19(20)26-23(31)32-16-18-10-7-13-21(25-18)24-15-14-17-8-3-2-4-9-17/h2-13H,14-16H2,1H3,(H,24,25). The summed E-state index contributed by atoms with van der Waals surface area (Å²) in [5.74, 6) is 1.34. The summed E-state index contributed by atoms with van der Waals surface area (Å²) in [4.78, 5) is 9.28. The lowest BCUT2D eigenvalue weighted by Gasteiger charge is -2.10. The second-order valence-corrected chi connectivity index (χ2v) is 7.29. The zero-order valence-corrected chi connectivity index (χ0v) is 17.6. The molecule has 0 aliphatic rings. The summed E-state index contributed by atoms with van der Waals surface area (Å²) in [6.45, 7) is 1.07. The van der Waals surface area contributed by atoms with Crippen molar-refractivity contribution in [3.05, 3.63) is 84.1 Å². The second kappa shape index (κ2) is 8.84. The van der Waals surface area contributed by atoms with E-state index in [9.17, 15) is 0 Å². The van der Waals surface area contributed by atoms with Crippen LogP contribution in [0.2, 0.25) is 0 Å². The lowest BCUT2D eigenvalue weighted by molar-refractivity contribution is 0.272. The van der Waals surface area contributed by atoms with E-state index < -0.39 is 0 Å². The number of ether oxygens (including phenoxy) is 1. The molecule has 0 radical (unpaired) electrons. The summed E-state index contributed by atoms with van der Waals surface area (Å²) < 4.78 is 9.45. The fraction of sp³-hybridized carbons (Fsp3) is 0.174. The van der Waals surface area contributed by atoms with Gasteiger partial charge in [-0.15, -0.1) is 0 Å². The van der Waals surface area contributed by atoms with E-state index in [0.717, 1.165) is 35.5 Å². The second-order valence-electron chi connectivity index (χ2n) is 7.29. The Morgan fingerprint density at radius 1 is 0.906 bits per heavy atom. The predicted octanol–water partition coefficient (Wildman–Crippen LogP) is 3.18. The number of imidazole rings is 1. The molecule has 2 aromatic carbocycles. The summed E-state index contributed by atoms with van der Waals surface area (Å²) >= 11 is 0. The zero-order chi connectivity index (χ0) is 21.8. The first-order chi connectivity index (χ1) is 15.8. The summed E-state index contributed by atoms with van der Waals surface area (Å²) in [6, 6.07) is 24.4. The van der Waals surface area contributed by atoms with E-state index in [-0.39, 0.29) is 6.61 Å². The molecule has 0 unspecified atom stereocenters. The molecule has 0 saturated carbocycles. The molecule has 9 heteroatoms. The number of benzene rings is 2. The van der Waals surface area contributed by atoms with Gasteiger partial charge in [-0.3, -0.25) is 0 Å². The van der Waals surface area contributed by atoms with Crippen molar-refractivity contribution in [2.75, 3.05) is 11.9 Å². The molecular formula is C23H22N8O. The SMILES string of the molecule is Cn1nnnc1-n1c(OCc2cccc(NCCc3ccccc3)n2)nc2ccccc21. The molecule has 0 aliphatic carbocycles. The molecule has 32 heavy (non-hydrogen) atoms. The van der Waals surface area contributed by atoms with E-state index in [1.807, 2.05) is 48.5 Å². The highest BCUT2D eigenvalue weighted by atomic mass is 16.5. The van der Waals surface area contributed by atoms with Crippen molar-refractivity contribution in [3.63, 3.8) is 0 Å². The maximum Gasteiger partial charge on any atom is 0.305 e. The summed E-state index contributed by atoms with van der Waals surface area (Å²) in [7, 11) is 1.78. The Hall–Kier alpha value is -4.27. The van der Waals surface area contributed by atoms with Crippen LogP contribution in [0, 0.1) is 0 Å². The number of aromatic nitrogens is 7. The van der Waals surface area contributed by atoms with Gasteiger partial charge in [0.05, 0.1) is 16.7 Å². The minimum Gasteiger partial charge on any atom is -0.458 e. The third-order valence-corrected chi connectivity index (χ3v) is 5.05. The number of hydrogen-bond acceptors (Lipinski definition) is 7. The van der Waals surface area contributed by atoms with Crippen LogP contribution in [0.15, 0.2) is 72.8 Å². The Morgan fingerprint density at radius 2 is 1.75 bits per heavy atom. The first kappa shape index (κ1) is 19.7. The van der Waals surface area contributed by atoms with Gasteiger partial charge in [-0.1, -0.05) is 53.6 Å². The van der Waals surface area contributed by atoms with Gasteiger partial charge in [0.2, 0.25) is 0 Å². The Kier molecular flexibility index (Phi) is 5.44. The van der Waals surface area contributed by atoms with E-state index in [1.54, 1.807) is 16.3 Å². The van der Waals surface area contributed by atoms with Crippen molar-refractivity contribution in [1.82, 2.24) is 34.7 Å². The van der Waals surface area contributed by atoms with Gasteiger partial charge < -0.3 is 10.1 Å². The number of nitrogens with zero attached hydrogens (tertiary/aromatic N) is 7. The minimum absolute atomic E-state index is 0.267. The largest absolute Gasteiger partial charge is 0.458 e. The van der Waals surface area contributed by atoms with Gasteiger partial charge in [-0.25, -0.2) is 14.2 Å². The van der Waals surface area contributed by atoms with Gasteiger partial charge >= 0.3 is 6.01 Å². The van der Waals surface area contributed by atoms with Gasteiger partial charge in [0.25, 0.3) is 5.95 Å². The molecule has 1 N–H and O–H groups in total. The van der Waals surface area contributed by atoms with Gasteiger partial charge in [0.15, 0.2) is 0 Å². The van der Waals surface area contributed by atoms with E-state index in [2.05, 4.69) is 55.1 Å². The Morgan fingerprint density at radius 3 is 2.59 bits per heavy atom. The van der Waals surface area contributed by atoms with E-state index in [4.69, 9.17) is 4.74 Å². The molecule has 0 atom stereocenters. The van der Waals surface area contributed by atoms with Crippen LogP contribution in [-0.2, 0) is 20.1 Å². The lowest BCUT2D eigenvalue weighted by atomic mass is 10.1. The van der Waals surface area contributed by atoms with Gasteiger partial charge in [0.1, 0.15) is 12.4 Å². The number of anilines is 1. The summed E-state index contributed by atoms with van der Waals surface area (Å²) in [5, 5.41) is 15.2. The molecule has 0 saturated heterocycles. The average Bonchev–Trinajstić information content (AvgIpc) is 3.41. The molecule has 160 valence electrons. The number of para-hydroxylation sites is 2. The lowest BCUT2D eigenvalue weighted by Crippen LogP contribution is -2.10. The van der Waals surface area contributed by atoms with Crippen LogP contribution in [0.1, 0.15) is 11.3 Å². The summed E-state index contributed by atoms with van der Waals surface area (Å²) in [5.41, 5.74) is 3.75. The maximum absolute atomic E-state index is 6.07. The highest BCUT2D eigenvalue weighted by Gasteiger charge is 2.18. The summed E-state index contributed by atoms with van der Waals surface area (Å²) in [6.07, 6.45) is 0.930. The number of hydrogen-bond donors (Lipinski definition) is 1. The van der Waals surface area contributed by atoms with E-state index in [1.165, 1.54) is 5.56 Å². The highest BCUT2D eigenvalue weighted by molar-refractivity contribution is 5.78. The molecule has 0 amide bonds. The van der Waals surface area contributed by atoms with Crippen LogP contribution in [0.25, 0.3) is 17.0 Å². The van der Waals surface area contributed by atoms with Crippen LogP contribution < -0.4 is 10.1 Å². The molecule has 3 heterocycles. The molecular weight excluding hydrogens is 404 g/mol. The van der Waals surface area contributed by atoms with E-state index in [0.29, 0.717) is 12.0 Å². The van der Waals surface area contributed by atoms with Gasteiger partial charge in [0, 0.05) is 13.6 Å². The van der Waals surface area contributed by atoms with Crippen molar-refractivity contribution in [2.45, 2.75) is 13.0 Å². The Bertz CT molecular complexity index is 1330. The van der Waals surface area contributed by atoms with Crippen LogP contribution in [-0.4, -0.2) is 41.3 Å². The Balaban J connectivity index is 1.31. The smallest absolute Gasteiger partial charge is 0.305 e. The van der Waals surface area contributed by atoms with Crippen molar-refractivity contribution in [2.24, 2.45) is 7.05 Å². The zero-order valence-electron chi connectivity index (χ0n) is 17.6. The van der Waals surface area contributed by atoms with Crippen molar-refractivity contribution < 1.29 is 4.74 Å². The molecule has 0 aliphatic heterocycles. The first-order valence-corrected chi connectivity index (χ1v) is 10.3. The fourth-order valence-electron chi connectivity index (χ4n) is 3.48. The minimum atomic E-state index is 0.267. The van der Waals surface area contributed by atoms with Gasteiger partial charge in [-0.05, 0) is 46.7 Å². The van der Waals surface area contributed by atoms with Crippen molar-refractivity contribution >= 4 is 16.9 Å². The number of pyridine rings is 1. The fourth-order valence-corrected chi connectivity index (χ4v) is 3.48. The number of nitrogens with one attached hydrogen (secondary N) is 1. The van der Waals surface area contributed by atoms with Crippen LogP contribution in [0.4, 0.5) is 5.82 Å². The third kappa shape index (κ3) is 4.13. The quantitative estimate of drug-likeness (QED) is 0.407. The molecule has 9 nitrogen and oxygen atoms in total. The number of fused-ring (bicyclic) bond motifs is 1. The molecule has 3 aromatic heterocycles. The molecule has 0 bridgehead atoms. The molecule has 5 rings (SSSR count). The number of tetrazole rings is 1. The number of aryl methyl sites for hydroxylation is 1. The normalized spacial score (nSPS) is 11.0. The van der Waals surface area contributed by atoms with Gasteiger partial charge in [-0.2, -0.15) is 4.98 Å². The van der Waals surface area contributed by atoms with Crippen LogP contribution in [0.5, 0.6) is 6.01 Å². The maximum atomic E-state index is 6.07. The topological polar surface area (TPSA) is 95.6 Å². The molecule has 5 aromatic rings.